The van der Waals surface area contributed by atoms with Crippen molar-refractivity contribution in [2.24, 2.45) is 5.41 Å². The number of amides is 1. The molecule has 0 aliphatic rings. The minimum absolute atomic E-state index is 0.00726. The van der Waals surface area contributed by atoms with Gasteiger partial charge in [0.2, 0.25) is 5.91 Å². The molecule has 2 unspecified atom stereocenters. The Hall–Kier alpha value is -0.650. The lowest BCUT2D eigenvalue weighted by Crippen LogP contribution is -2.51. The molecule has 0 heterocycles. The van der Waals surface area contributed by atoms with Crippen LogP contribution in [0.4, 0.5) is 0 Å². The zero-order valence-electron chi connectivity index (χ0n) is 13.0. The van der Waals surface area contributed by atoms with Crippen LogP contribution in [0.3, 0.4) is 0 Å². The van der Waals surface area contributed by atoms with E-state index in [0.717, 1.165) is 6.42 Å². The molecule has 2 atom stereocenters. The third-order valence-corrected chi connectivity index (χ3v) is 3.13. The molecule has 5 nitrogen and oxygen atoms in total. The summed E-state index contributed by atoms with van der Waals surface area (Å²) >= 11 is 0. The maximum absolute atomic E-state index is 11.9. The second-order valence-electron chi connectivity index (χ2n) is 5.96. The van der Waals surface area contributed by atoms with Gasteiger partial charge in [0, 0.05) is 32.9 Å². The number of aliphatic hydroxyl groups is 1. The summed E-state index contributed by atoms with van der Waals surface area (Å²) in [4.78, 5) is 11.9. The van der Waals surface area contributed by atoms with Gasteiger partial charge in [-0.3, -0.25) is 4.79 Å². The Morgan fingerprint density at radius 3 is 2.47 bits per heavy atom. The third-order valence-electron chi connectivity index (χ3n) is 3.13. The van der Waals surface area contributed by atoms with Crippen molar-refractivity contribution in [2.75, 3.05) is 26.9 Å². The van der Waals surface area contributed by atoms with Crippen molar-refractivity contribution >= 4 is 5.91 Å². The fourth-order valence-corrected chi connectivity index (χ4v) is 1.85. The van der Waals surface area contributed by atoms with Gasteiger partial charge in [-0.15, -0.1) is 0 Å². The molecule has 0 radical (unpaired) electrons. The highest BCUT2D eigenvalue weighted by Gasteiger charge is 2.27. The number of hydrogen-bond acceptors (Lipinski definition) is 4. The van der Waals surface area contributed by atoms with Crippen molar-refractivity contribution in [2.45, 2.75) is 52.6 Å². The molecule has 0 fully saturated rings. The molecule has 5 heteroatoms. The molecule has 1 amide bonds. The summed E-state index contributed by atoms with van der Waals surface area (Å²) in [5, 5.41) is 15.3. The maximum atomic E-state index is 11.9. The third kappa shape index (κ3) is 8.18. The first kappa shape index (κ1) is 18.4. The van der Waals surface area contributed by atoms with Gasteiger partial charge in [-0.1, -0.05) is 20.8 Å². The topological polar surface area (TPSA) is 70.6 Å². The minimum Gasteiger partial charge on any atom is -0.396 e. The summed E-state index contributed by atoms with van der Waals surface area (Å²) in [7, 11) is 1.65. The van der Waals surface area contributed by atoms with Crippen molar-refractivity contribution in [1.82, 2.24) is 10.6 Å². The van der Waals surface area contributed by atoms with Crippen LogP contribution in [0, 0.1) is 5.41 Å². The van der Waals surface area contributed by atoms with Gasteiger partial charge in [0.05, 0.1) is 6.04 Å². The molecule has 0 aliphatic heterocycles. The first-order chi connectivity index (χ1) is 8.82. The fraction of sp³-hybridized carbons (Fsp3) is 0.929. The van der Waals surface area contributed by atoms with Gasteiger partial charge in [-0.2, -0.15) is 0 Å². The van der Waals surface area contributed by atoms with Crippen LogP contribution in [0.5, 0.6) is 0 Å². The summed E-state index contributed by atoms with van der Waals surface area (Å²) in [6, 6.07) is -0.157. The highest BCUT2D eigenvalue weighted by Crippen LogP contribution is 2.22. The van der Waals surface area contributed by atoms with Gasteiger partial charge < -0.3 is 20.5 Å². The number of carbonyl (C=O) groups is 1. The van der Waals surface area contributed by atoms with Crippen LogP contribution in [-0.2, 0) is 9.53 Å². The SMILES string of the molecule is COCCCNC(=O)C(C)NC(CCO)C(C)(C)C. The average molecular weight is 274 g/mol. The summed E-state index contributed by atoms with van der Waals surface area (Å²) in [6.45, 7) is 9.55. The summed E-state index contributed by atoms with van der Waals surface area (Å²) in [5.41, 5.74) is 0.00726. The average Bonchev–Trinajstić information content (AvgIpc) is 2.32. The van der Waals surface area contributed by atoms with Gasteiger partial charge in [0.25, 0.3) is 0 Å². The van der Waals surface area contributed by atoms with Crippen molar-refractivity contribution in [3.05, 3.63) is 0 Å². The molecule has 0 aromatic heterocycles. The standard InChI is InChI=1S/C14H30N2O3/c1-11(13(18)15-8-6-10-19-5)16-12(7-9-17)14(2,3)4/h11-12,16-17H,6-10H2,1-5H3,(H,15,18). The number of aliphatic hydroxyl groups excluding tert-OH is 1. The zero-order valence-corrected chi connectivity index (χ0v) is 13.0. The van der Waals surface area contributed by atoms with Crippen molar-refractivity contribution in [1.29, 1.82) is 0 Å². The molecule has 114 valence electrons. The van der Waals surface area contributed by atoms with E-state index in [1.165, 1.54) is 0 Å². The molecular weight excluding hydrogens is 244 g/mol. The second-order valence-corrected chi connectivity index (χ2v) is 5.96. The number of methoxy groups -OCH3 is 1. The monoisotopic (exact) mass is 274 g/mol. The Labute approximate surface area is 117 Å². The van der Waals surface area contributed by atoms with Gasteiger partial charge in [0.1, 0.15) is 0 Å². The van der Waals surface area contributed by atoms with Crippen molar-refractivity contribution in [3.8, 4) is 0 Å². The van der Waals surface area contributed by atoms with E-state index >= 15 is 0 Å². The van der Waals surface area contributed by atoms with Crippen molar-refractivity contribution in [3.63, 3.8) is 0 Å². The number of carbonyl (C=O) groups excluding carboxylic acids is 1. The Morgan fingerprint density at radius 2 is 2.00 bits per heavy atom. The van der Waals surface area contributed by atoms with Crippen molar-refractivity contribution < 1.29 is 14.6 Å². The first-order valence-electron chi connectivity index (χ1n) is 6.96. The second kappa shape index (κ2) is 9.28. The number of hydrogen-bond donors (Lipinski definition) is 3. The van der Waals surface area contributed by atoms with E-state index in [0.29, 0.717) is 19.6 Å². The van der Waals surface area contributed by atoms with Gasteiger partial charge in [-0.25, -0.2) is 0 Å². The van der Waals surface area contributed by atoms with Crippen LogP contribution in [0.25, 0.3) is 0 Å². The Morgan fingerprint density at radius 1 is 1.37 bits per heavy atom. The molecule has 0 spiro atoms. The first-order valence-corrected chi connectivity index (χ1v) is 6.96. The van der Waals surface area contributed by atoms with Gasteiger partial charge >= 0.3 is 0 Å². The fourth-order valence-electron chi connectivity index (χ4n) is 1.85. The molecule has 0 aliphatic carbocycles. The molecule has 0 aromatic rings. The lowest BCUT2D eigenvalue weighted by Gasteiger charge is -2.33. The highest BCUT2D eigenvalue weighted by molar-refractivity contribution is 5.81. The molecule has 0 bridgehead atoms. The largest absolute Gasteiger partial charge is 0.396 e. The Bertz CT molecular complexity index is 252. The van der Waals surface area contributed by atoms with E-state index in [1.807, 2.05) is 6.92 Å². The molecule has 0 saturated heterocycles. The maximum Gasteiger partial charge on any atom is 0.236 e. The quantitative estimate of drug-likeness (QED) is 0.547. The molecular formula is C14H30N2O3. The van der Waals surface area contributed by atoms with E-state index in [-0.39, 0.29) is 30.0 Å². The Kier molecular flexibility index (Phi) is 8.97. The van der Waals surface area contributed by atoms with E-state index in [9.17, 15) is 4.79 Å². The van der Waals surface area contributed by atoms with E-state index in [2.05, 4.69) is 31.4 Å². The summed E-state index contributed by atoms with van der Waals surface area (Å²) in [6.07, 6.45) is 1.46. The Balaban J connectivity index is 4.16. The molecule has 0 saturated carbocycles. The predicted molar refractivity (Wildman–Crippen MR) is 77.0 cm³/mol. The minimum atomic E-state index is -0.265. The predicted octanol–water partition coefficient (Wildman–Crippen LogP) is 0.914. The van der Waals surface area contributed by atoms with E-state index < -0.39 is 0 Å². The zero-order chi connectivity index (χ0) is 14.9. The van der Waals surface area contributed by atoms with Crippen LogP contribution < -0.4 is 10.6 Å². The smallest absolute Gasteiger partial charge is 0.236 e. The van der Waals surface area contributed by atoms with E-state index in [4.69, 9.17) is 9.84 Å². The van der Waals surface area contributed by atoms with Crippen LogP contribution in [0.15, 0.2) is 0 Å². The number of ether oxygens (including phenoxy) is 1. The highest BCUT2D eigenvalue weighted by atomic mass is 16.5. The number of rotatable bonds is 9. The normalized spacial score (nSPS) is 15.1. The molecule has 19 heavy (non-hydrogen) atoms. The summed E-state index contributed by atoms with van der Waals surface area (Å²) < 4.78 is 4.93. The van der Waals surface area contributed by atoms with Crippen LogP contribution in [0.1, 0.15) is 40.5 Å². The number of nitrogens with one attached hydrogen (secondary N) is 2. The lowest BCUT2D eigenvalue weighted by atomic mass is 9.84. The molecule has 3 N–H and O–H groups in total. The van der Waals surface area contributed by atoms with Crippen LogP contribution in [0.2, 0.25) is 0 Å². The van der Waals surface area contributed by atoms with Gasteiger partial charge in [-0.05, 0) is 25.2 Å². The van der Waals surface area contributed by atoms with Gasteiger partial charge in [0.15, 0.2) is 0 Å². The lowest BCUT2D eigenvalue weighted by molar-refractivity contribution is -0.123. The summed E-state index contributed by atoms with van der Waals surface area (Å²) in [5.74, 6) is -0.0108. The molecule has 0 rings (SSSR count). The molecule has 0 aromatic carbocycles. The van der Waals surface area contributed by atoms with E-state index in [1.54, 1.807) is 7.11 Å². The van der Waals surface area contributed by atoms with Crippen LogP contribution >= 0.6 is 0 Å². The van der Waals surface area contributed by atoms with Crippen LogP contribution in [-0.4, -0.2) is 50.0 Å².